The summed E-state index contributed by atoms with van der Waals surface area (Å²) >= 11 is 0. The van der Waals surface area contributed by atoms with Gasteiger partial charge < -0.3 is 9.47 Å². The van der Waals surface area contributed by atoms with Crippen LogP contribution in [-0.2, 0) is 19.1 Å². The largest absolute Gasteiger partial charge is 0.468 e. The van der Waals surface area contributed by atoms with Gasteiger partial charge in [0.05, 0.1) is 20.3 Å². The third kappa shape index (κ3) is 5.40. The first-order chi connectivity index (χ1) is 9.69. The van der Waals surface area contributed by atoms with Gasteiger partial charge in [0.15, 0.2) is 0 Å². The fourth-order valence-corrected chi connectivity index (χ4v) is 1.67. The van der Waals surface area contributed by atoms with Gasteiger partial charge in [0.1, 0.15) is 6.04 Å². The van der Waals surface area contributed by atoms with Crippen LogP contribution >= 0.6 is 0 Å². The molecule has 5 heteroatoms. The van der Waals surface area contributed by atoms with Crippen molar-refractivity contribution in [2.24, 2.45) is 0 Å². The molecule has 0 aliphatic rings. The van der Waals surface area contributed by atoms with E-state index in [9.17, 15) is 9.59 Å². The maximum absolute atomic E-state index is 11.7. The number of unbranched alkanes of at least 4 members (excludes halogenated alkanes) is 1. The number of rotatable bonds is 8. The van der Waals surface area contributed by atoms with Crippen LogP contribution in [-0.4, -0.2) is 32.2 Å². The van der Waals surface area contributed by atoms with E-state index in [0.29, 0.717) is 6.61 Å². The van der Waals surface area contributed by atoms with Gasteiger partial charge in [-0.2, -0.15) is 0 Å². The Balaban J connectivity index is 2.54. The standard InChI is InChI=1S/C15H21NO4/c1-3-4-10-20-13(17)11-16-14(15(18)19-2)12-8-6-5-7-9-12/h5-9,14,16H,3-4,10-11H2,1-2H3. The van der Waals surface area contributed by atoms with Crippen molar-refractivity contribution < 1.29 is 19.1 Å². The van der Waals surface area contributed by atoms with Crippen molar-refractivity contribution in [3.63, 3.8) is 0 Å². The topological polar surface area (TPSA) is 64.6 Å². The van der Waals surface area contributed by atoms with E-state index in [-0.39, 0.29) is 12.5 Å². The van der Waals surface area contributed by atoms with Crippen molar-refractivity contribution in [3.8, 4) is 0 Å². The number of ether oxygens (including phenoxy) is 2. The lowest BCUT2D eigenvalue weighted by Gasteiger charge is -2.16. The molecule has 0 saturated carbocycles. The molecule has 1 aromatic carbocycles. The van der Waals surface area contributed by atoms with Crippen molar-refractivity contribution in [2.45, 2.75) is 25.8 Å². The van der Waals surface area contributed by atoms with Gasteiger partial charge in [0, 0.05) is 0 Å². The first kappa shape index (κ1) is 16.2. The van der Waals surface area contributed by atoms with E-state index in [2.05, 4.69) is 5.32 Å². The van der Waals surface area contributed by atoms with Crippen molar-refractivity contribution in [2.75, 3.05) is 20.3 Å². The Kier molecular flexibility index (Phi) is 7.35. The molecule has 0 aromatic heterocycles. The van der Waals surface area contributed by atoms with E-state index in [1.165, 1.54) is 7.11 Å². The van der Waals surface area contributed by atoms with Gasteiger partial charge >= 0.3 is 11.9 Å². The fourth-order valence-electron chi connectivity index (χ4n) is 1.67. The maximum atomic E-state index is 11.7. The number of carbonyl (C=O) groups is 2. The molecule has 0 heterocycles. The minimum Gasteiger partial charge on any atom is -0.468 e. The van der Waals surface area contributed by atoms with Gasteiger partial charge in [-0.1, -0.05) is 43.7 Å². The van der Waals surface area contributed by atoms with E-state index in [0.717, 1.165) is 18.4 Å². The van der Waals surface area contributed by atoms with Crippen LogP contribution in [0, 0.1) is 0 Å². The molecule has 20 heavy (non-hydrogen) atoms. The van der Waals surface area contributed by atoms with Crippen LogP contribution in [0.3, 0.4) is 0 Å². The Morgan fingerprint density at radius 2 is 1.95 bits per heavy atom. The second-order valence-electron chi connectivity index (χ2n) is 4.32. The molecule has 0 fully saturated rings. The summed E-state index contributed by atoms with van der Waals surface area (Å²) < 4.78 is 9.77. The van der Waals surface area contributed by atoms with Crippen LogP contribution in [0.4, 0.5) is 0 Å². The van der Waals surface area contributed by atoms with Crippen LogP contribution in [0.5, 0.6) is 0 Å². The van der Waals surface area contributed by atoms with E-state index >= 15 is 0 Å². The quantitative estimate of drug-likeness (QED) is 0.581. The van der Waals surface area contributed by atoms with E-state index < -0.39 is 12.0 Å². The molecule has 0 aliphatic carbocycles. The molecular formula is C15H21NO4. The lowest BCUT2D eigenvalue weighted by Crippen LogP contribution is -2.34. The lowest BCUT2D eigenvalue weighted by atomic mass is 10.1. The summed E-state index contributed by atoms with van der Waals surface area (Å²) in [5.41, 5.74) is 0.751. The first-order valence-corrected chi connectivity index (χ1v) is 6.70. The predicted molar refractivity (Wildman–Crippen MR) is 75.1 cm³/mol. The molecule has 1 aromatic rings. The lowest BCUT2D eigenvalue weighted by molar-refractivity contribution is -0.145. The molecule has 0 radical (unpaired) electrons. The van der Waals surface area contributed by atoms with E-state index in [1.807, 2.05) is 25.1 Å². The Morgan fingerprint density at radius 3 is 2.55 bits per heavy atom. The zero-order valence-corrected chi connectivity index (χ0v) is 11.9. The molecule has 0 spiro atoms. The number of nitrogens with one attached hydrogen (secondary N) is 1. The maximum Gasteiger partial charge on any atom is 0.327 e. The summed E-state index contributed by atoms with van der Waals surface area (Å²) in [6.07, 6.45) is 1.81. The van der Waals surface area contributed by atoms with Crippen LogP contribution < -0.4 is 5.32 Å². The SMILES string of the molecule is CCCCOC(=O)CNC(C(=O)OC)c1ccccc1. The van der Waals surface area contributed by atoms with Gasteiger partial charge in [0.2, 0.25) is 0 Å². The first-order valence-electron chi connectivity index (χ1n) is 6.70. The molecule has 5 nitrogen and oxygen atoms in total. The third-order valence-electron chi connectivity index (χ3n) is 2.78. The molecule has 0 bridgehead atoms. The third-order valence-corrected chi connectivity index (χ3v) is 2.78. The molecule has 0 aliphatic heterocycles. The van der Waals surface area contributed by atoms with Gasteiger partial charge in [-0.15, -0.1) is 0 Å². The Morgan fingerprint density at radius 1 is 1.25 bits per heavy atom. The van der Waals surface area contributed by atoms with Gasteiger partial charge in [-0.3, -0.25) is 10.1 Å². The molecule has 1 N–H and O–H groups in total. The Hall–Kier alpha value is -1.88. The highest BCUT2D eigenvalue weighted by Crippen LogP contribution is 2.13. The van der Waals surface area contributed by atoms with E-state index in [4.69, 9.17) is 9.47 Å². The average Bonchev–Trinajstić information content (AvgIpc) is 2.48. The molecule has 1 atom stereocenters. The van der Waals surface area contributed by atoms with Crippen LogP contribution in [0.2, 0.25) is 0 Å². The number of hydrogen-bond acceptors (Lipinski definition) is 5. The number of carbonyl (C=O) groups excluding carboxylic acids is 2. The highest BCUT2D eigenvalue weighted by molar-refractivity contribution is 5.79. The summed E-state index contributed by atoms with van der Waals surface area (Å²) in [6, 6.07) is 8.45. The minimum absolute atomic E-state index is 0.0294. The molecule has 110 valence electrons. The molecule has 0 amide bonds. The molecule has 0 saturated heterocycles. The second kappa shape index (κ2) is 9.09. The minimum atomic E-state index is -0.667. The summed E-state index contributed by atoms with van der Waals surface area (Å²) in [5, 5.41) is 2.86. The number of benzene rings is 1. The zero-order chi connectivity index (χ0) is 14.8. The van der Waals surface area contributed by atoms with Crippen LogP contribution in [0.15, 0.2) is 30.3 Å². The Bertz CT molecular complexity index is 419. The highest BCUT2D eigenvalue weighted by atomic mass is 16.5. The molecule has 1 unspecified atom stereocenters. The number of hydrogen-bond donors (Lipinski definition) is 1. The van der Waals surface area contributed by atoms with Gasteiger partial charge in [-0.25, -0.2) is 4.79 Å². The monoisotopic (exact) mass is 279 g/mol. The number of methoxy groups -OCH3 is 1. The zero-order valence-electron chi connectivity index (χ0n) is 11.9. The number of esters is 2. The summed E-state index contributed by atoms with van der Waals surface area (Å²) in [7, 11) is 1.32. The van der Waals surface area contributed by atoms with Gasteiger partial charge in [-0.05, 0) is 12.0 Å². The van der Waals surface area contributed by atoms with Crippen molar-refractivity contribution >= 4 is 11.9 Å². The van der Waals surface area contributed by atoms with Crippen molar-refractivity contribution in [1.82, 2.24) is 5.32 Å². The highest BCUT2D eigenvalue weighted by Gasteiger charge is 2.21. The van der Waals surface area contributed by atoms with Crippen LogP contribution in [0.25, 0.3) is 0 Å². The average molecular weight is 279 g/mol. The van der Waals surface area contributed by atoms with E-state index in [1.54, 1.807) is 12.1 Å². The van der Waals surface area contributed by atoms with Crippen molar-refractivity contribution in [1.29, 1.82) is 0 Å². The Labute approximate surface area is 119 Å². The molecule has 1 rings (SSSR count). The second-order valence-corrected chi connectivity index (χ2v) is 4.32. The summed E-state index contributed by atoms with van der Waals surface area (Å²) in [6.45, 7) is 2.40. The smallest absolute Gasteiger partial charge is 0.327 e. The summed E-state index contributed by atoms with van der Waals surface area (Å²) in [4.78, 5) is 23.3. The van der Waals surface area contributed by atoms with Crippen molar-refractivity contribution in [3.05, 3.63) is 35.9 Å². The van der Waals surface area contributed by atoms with Gasteiger partial charge in [0.25, 0.3) is 0 Å². The predicted octanol–water partition coefficient (Wildman–Crippen LogP) is 1.83. The van der Waals surface area contributed by atoms with Crippen LogP contribution in [0.1, 0.15) is 31.4 Å². The summed E-state index contributed by atoms with van der Waals surface area (Å²) in [5.74, 6) is -0.805. The molecular weight excluding hydrogens is 258 g/mol. The normalized spacial score (nSPS) is 11.7. The fraction of sp³-hybridized carbons (Fsp3) is 0.467.